The van der Waals surface area contributed by atoms with E-state index in [1.165, 1.54) is 16.8 Å². The summed E-state index contributed by atoms with van der Waals surface area (Å²) in [6.07, 6.45) is 9.74. The molecule has 13 heteroatoms. The number of benzene rings is 1. The van der Waals surface area contributed by atoms with Gasteiger partial charge in [-0.25, -0.2) is 27.4 Å². The van der Waals surface area contributed by atoms with Gasteiger partial charge in [-0.3, -0.25) is 0 Å². The van der Waals surface area contributed by atoms with Crippen LogP contribution in [-0.4, -0.2) is 75.1 Å². The van der Waals surface area contributed by atoms with Gasteiger partial charge in [-0.15, -0.1) is 0 Å². The third-order valence-corrected chi connectivity index (χ3v) is 8.89. The lowest BCUT2D eigenvalue weighted by Gasteiger charge is -2.30. The van der Waals surface area contributed by atoms with Crippen molar-refractivity contribution >= 4 is 27.6 Å². The Hall–Kier alpha value is -3.08. The molecule has 2 aliphatic rings. The fourth-order valence-corrected chi connectivity index (χ4v) is 6.26. The Labute approximate surface area is 232 Å². The summed E-state index contributed by atoms with van der Waals surface area (Å²) in [5.41, 5.74) is 3.15. The number of halogens is 1. The number of aliphatic hydroxyl groups excluding tert-OH is 1. The number of aliphatic hydroxyl groups is 1. The predicted molar refractivity (Wildman–Crippen MR) is 148 cm³/mol. The molecule has 2 aromatic heterocycles. The van der Waals surface area contributed by atoms with Crippen molar-refractivity contribution in [2.45, 2.75) is 56.8 Å². The number of hydrogen-bond acceptors (Lipinski definition) is 9. The highest BCUT2D eigenvalue weighted by molar-refractivity contribution is 7.88. The molecule has 3 heterocycles. The Morgan fingerprint density at radius 2 is 1.97 bits per heavy atom. The maximum Gasteiger partial charge on any atom is 0.223 e. The Balaban J connectivity index is 1.28. The van der Waals surface area contributed by atoms with Gasteiger partial charge >= 0.3 is 0 Å². The Kier molecular flexibility index (Phi) is 8.16. The average Bonchev–Trinajstić information content (AvgIpc) is 3.56. The van der Waals surface area contributed by atoms with Crippen molar-refractivity contribution in [3.63, 3.8) is 0 Å². The van der Waals surface area contributed by atoms with Gasteiger partial charge in [0, 0.05) is 43.5 Å². The molecule has 11 nitrogen and oxygen atoms in total. The molecule has 0 bridgehead atoms. The molecule has 1 aliphatic heterocycles. The largest absolute Gasteiger partial charge is 0.393 e. The van der Waals surface area contributed by atoms with Gasteiger partial charge < -0.3 is 15.7 Å². The number of hydrogen-bond donors (Lipinski definition) is 3. The van der Waals surface area contributed by atoms with Crippen molar-refractivity contribution in [1.29, 1.82) is 5.26 Å². The van der Waals surface area contributed by atoms with Crippen molar-refractivity contribution in [2.75, 3.05) is 24.7 Å². The first-order chi connectivity index (χ1) is 18.7. The van der Waals surface area contributed by atoms with Gasteiger partial charge in [0.25, 0.3) is 0 Å². The van der Waals surface area contributed by atoms with E-state index in [0.717, 1.165) is 24.8 Å². The molecule has 3 aromatic rings. The van der Waals surface area contributed by atoms with Gasteiger partial charge in [-0.2, -0.15) is 10.4 Å². The fraction of sp³-hybridized carbons (Fsp3) is 0.462. The predicted octanol–water partition coefficient (Wildman–Crippen LogP) is 2.69. The van der Waals surface area contributed by atoms with E-state index in [2.05, 4.69) is 31.8 Å². The Morgan fingerprint density at radius 1 is 1.18 bits per heavy atom. The van der Waals surface area contributed by atoms with Crippen LogP contribution in [0.1, 0.15) is 43.2 Å². The molecule has 1 saturated heterocycles. The monoisotopic (exact) mass is 570 g/mol. The number of aromatic nitrogens is 4. The normalized spacial score (nSPS) is 20.7. The van der Waals surface area contributed by atoms with E-state index in [1.807, 2.05) is 18.2 Å². The van der Waals surface area contributed by atoms with Crippen LogP contribution in [0.3, 0.4) is 0 Å². The molecule has 1 aliphatic carbocycles. The number of rotatable bonds is 8. The summed E-state index contributed by atoms with van der Waals surface area (Å²) >= 11 is 6.61. The summed E-state index contributed by atoms with van der Waals surface area (Å²) in [6.45, 7) is 1.54. The van der Waals surface area contributed by atoms with Gasteiger partial charge in [0.05, 0.1) is 46.7 Å². The van der Waals surface area contributed by atoms with E-state index in [4.69, 9.17) is 11.6 Å². The second-order valence-electron chi connectivity index (χ2n) is 10.2. The number of nitriles is 1. The van der Waals surface area contributed by atoms with Crippen molar-refractivity contribution in [3.05, 3.63) is 52.9 Å². The highest BCUT2D eigenvalue weighted by Crippen LogP contribution is 2.27. The van der Waals surface area contributed by atoms with E-state index in [0.29, 0.717) is 72.0 Å². The average molecular weight is 571 g/mol. The molecule has 1 aromatic carbocycles. The van der Waals surface area contributed by atoms with Crippen LogP contribution in [-0.2, 0) is 16.6 Å². The number of piperidine rings is 1. The van der Waals surface area contributed by atoms with Crippen LogP contribution >= 0.6 is 11.6 Å². The summed E-state index contributed by atoms with van der Waals surface area (Å²) in [4.78, 5) is 8.89. The lowest BCUT2D eigenvalue weighted by atomic mass is 10.1. The second-order valence-corrected chi connectivity index (χ2v) is 12.5. The van der Waals surface area contributed by atoms with Crippen molar-refractivity contribution in [3.8, 4) is 23.0 Å². The van der Waals surface area contributed by atoms with Crippen LogP contribution in [0.2, 0.25) is 5.02 Å². The molecule has 39 heavy (non-hydrogen) atoms. The van der Waals surface area contributed by atoms with Crippen LogP contribution in [0.5, 0.6) is 0 Å². The standard InChI is InChI=1S/C26H31ClN8O3S/c1-39(37,38)34-8-6-20(7-9-34)32-26-30-14-18(12-28)25(33-26)19-15-31-35(16-19)24-5-2-17(10-23(24)27)13-29-21-3-4-22(36)11-21/h2,5,10,14-16,20-22,29,36H,3-4,6-9,11,13H2,1H3,(H,30,32,33)/t21?,22-/m1/s1. The quantitative estimate of drug-likeness (QED) is 0.371. The van der Waals surface area contributed by atoms with Gasteiger partial charge in [-0.1, -0.05) is 17.7 Å². The molecule has 0 amide bonds. The second kappa shape index (κ2) is 11.6. The molecular formula is C26H31ClN8O3S. The molecule has 206 valence electrons. The van der Waals surface area contributed by atoms with E-state index in [1.54, 1.807) is 17.1 Å². The van der Waals surface area contributed by atoms with Crippen LogP contribution in [0.15, 0.2) is 36.8 Å². The van der Waals surface area contributed by atoms with Crippen LogP contribution < -0.4 is 10.6 Å². The first-order valence-electron chi connectivity index (χ1n) is 12.9. The summed E-state index contributed by atoms with van der Waals surface area (Å²) in [5, 5.41) is 31.1. The van der Waals surface area contributed by atoms with E-state index >= 15 is 0 Å². The number of nitrogens with zero attached hydrogens (tertiary/aromatic N) is 6. The van der Waals surface area contributed by atoms with Crippen molar-refractivity contribution in [1.82, 2.24) is 29.4 Å². The van der Waals surface area contributed by atoms with E-state index < -0.39 is 10.0 Å². The minimum absolute atomic E-state index is 0.0251. The maximum atomic E-state index is 11.8. The molecular weight excluding hydrogens is 540 g/mol. The molecule has 1 saturated carbocycles. The minimum atomic E-state index is -3.20. The smallest absolute Gasteiger partial charge is 0.223 e. The number of anilines is 1. The van der Waals surface area contributed by atoms with Crippen LogP contribution in [0.4, 0.5) is 5.95 Å². The molecule has 2 atom stereocenters. The maximum absolute atomic E-state index is 11.8. The van der Waals surface area contributed by atoms with E-state index in [9.17, 15) is 18.8 Å². The summed E-state index contributed by atoms with van der Waals surface area (Å²) in [5.74, 6) is 0.374. The van der Waals surface area contributed by atoms with Gasteiger partial charge in [0.1, 0.15) is 6.07 Å². The van der Waals surface area contributed by atoms with Crippen molar-refractivity contribution < 1.29 is 13.5 Å². The van der Waals surface area contributed by atoms with Crippen molar-refractivity contribution in [2.24, 2.45) is 0 Å². The SMILES string of the molecule is CS(=O)(=O)N1CCC(Nc2ncc(C#N)c(-c3cnn(-c4ccc(CNC5CC[C@@H](O)C5)cc4Cl)c3)n2)CC1. The zero-order valence-electron chi connectivity index (χ0n) is 21.6. The lowest BCUT2D eigenvalue weighted by Crippen LogP contribution is -2.42. The fourth-order valence-electron chi connectivity index (χ4n) is 5.10. The molecule has 0 radical (unpaired) electrons. The number of sulfonamides is 1. The van der Waals surface area contributed by atoms with Gasteiger partial charge in [0.15, 0.2) is 0 Å². The summed E-state index contributed by atoms with van der Waals surface area (Å²) < 4.78 is 26.7. The molecule has 0 spiro atoms. The minimum Gasteiger partial charge on any atom is -0.393 e. The first-order valence-corrected chi connectivity index (χ1v) is 15.2. The zero-order chi connectivity index (χ0) is 27.6. The molecule has 2 fully saturated rings. The van der Waals surface area contributed by atoms with Crippen LogP contribution in [0, 0.1) is 11.3 Å². The molecule has 5 rings (SSSR count). The van der Waals surface area contributed by atoms with Gasteiger partial charge in [0.2, 0.25) is 16.0 Å². The third kappa shape index (κ3) is 6.57. The Morgan fingerprint density at radius 3 is 2.64 bits per heavy atom. The lowest BCUT2D eigenvalue weighted by molar-refractivity contribution is 0.179. The van der Waals surface area contributed by atoms with Gasteiger partial charge in [-0.05, 0) is 49.8 Å². The van der Waals surface area contributed by atoms with Crippen LogP contribution in [0.25, 0.3) is 16.9 Å². The summed E-state index contributed by atoms with van der Waals surface area (Å²) in [6, 6.07) is 8.28. The molecule has 3 N–H and O–H groups in total. The topological polar surface area (TPSA) is 149 Å². The third-order valence-electron chi connectivity index (χ3n) is 7.28. The Bertz CT molecular complexity index is 1480. The van der Waals surface area contributed by atoms with E-state index in [-0.39, 0.29) is 12.1 Å². The number of nitrogens with one attached hydrogen (secondary N) is 2. The summed E-state index contributed by atoms with van der Waals surface area (Å²) in [7, 11) is -3.20. The molecule has 1 unspecified atom stereocenters. The highest BCUT2D eigenvalue weighted by atomic mass is 35.5. The zero-order valence-corrected chi connectivity index (χ0v) is 23.2. The first kappa shape index (κ1) is 27.5. The highest BCUT2D eigenvalue weighted by Gasteiger charge is 2.26.